The minimum absolute atomic E-state index is 0.122. The molecule has 1 aromatic carbocycles. The molecule has 0 amide bonds. The maximum atomic E-state index is 14.2. The van der Waals surface area contributed by atoms with Crippen LogP contribution in [0.15, 0.2) is 24.3 Å². The van der Waals surface area contributed by atoms with Crippen molar-refractivity contribution in [3.63, 3.8) is 0 Å². The first-order valence-electron chi connectivity index (χ1n) is 6.82. The molecule has 1 saturated carbocycles. The molecule has 98 valence electrons. The van der Waals surface area contributed by atoms with Gasteiger partial charge in [-0.05, 0) is 26.0 Å². The number of ether oxygens (including phenoxy) is 1. The van der Waals surface area contributed by atoms with E-state index in [1.54, 1.807) is 12.1 Å². The Labute approximate surface area is 108 Å². The van der Waals surface area contributed by atoms with E-state index < -0.39 is 0 Å². The highest BCUT2D eigenvalue weighted by molar-refractivity contribution is 5.32. The van der Waals surface area contributed by atoms with Crippen LogP contribution in [0.2, 0.25) is 0 Å². The van der Waals surface area contributed by atoms with E-state index >= 15 is 0 Å². The Morgan fingerprint density at radius 2 is 1.89 bits per heavy atom. The Kier molecular flexibility index (Phi) is 2.91. The maximum absolute atomic E-state index is 14.2. The molecular weight excluding hydrogens is 229 g/mol. The highest BCUT2D eigenvalue weighted by atomic mass is 19.1. The van der Waals surface area contributed by atoms with Gasteiger partial charge in [-0.15, -0.1) is 0 Å². The molecule has 1 spiro atoms. The zero-order valence-corrected chi connectivity index (χ0v) is 10.8. The predicted molar refractivity (Wildman–Crippen MR) is 68.9 cm³/mol. The quantitative estimate of drug-likeness (QED) is 0.870. The van der Waals surface area contributed by atoms with Gasteiger partial charge in [0.15, 0.2) is 0 Å². The number of likely N-dealkylation sites (N-methyl/N-ethyl adjacent to an activating group) is 1. The van der Waals surface area contributed by atoms with Crippen LogP contribution in [0.5, 0.6) is 0 Å². The number of nitrogens with one attached hydrogen (secondary N) is 1. The van der Waals surface area contributed by atoms with E-state index in [1.807, 2.05) is 19.2 Å². The third-order valence-electron chi connectivity index (χ3n) is 4.80. The fourth-order valence-corrected chi connectivity index (χ4v) is 3.80. The Morgan fingerprint density at radius 3 is 2.50 bits per heavy atom. The molecule has 0 bridgehead atoms. The van der Waals surface area contributed by atoms with Crippen LogP contribution in [0.3, 0.4) is 0 Å². The highest BCUT2D eigenvalue weighted by Gasteiger charge is 2.58. The summed E-state index contributed by atoms with van der Waals surface area (Å²) in [5, 5.41) is 3.40. The van der Waals surface area contributed by atoms with Crippen molar-refractivity contribution in [1.82, 2.24) is 5.32 Å². The van der Waals surface area contributed by atoms with Crippen LogP contribution < -0.4 is 5.32 Å². The molecule has 3 heteroatoms. The normalized spacial score (nSPS) is 35.4. The van der Waals surface area contributed by atoms with Gasteiger partial charge in [-0.25, -0.2) is 4.39 Å². The van der Waals surface area contributed by atoms with Crippen molar-refractivity contribution in [3.05, 3.63) is 35.6 Å². The van der Waals surface area contributed by atoms with Gasteiger partial charge in [-0.3, -0.25) is 0 Å². The van der Waals surface area contributed by atoms with Crippen molar-refractivity contribution >= 4 is 0 Å². The Bertz CT molecular complexity index is 444. The zero-order valence-electron chi connectivity index (χ0n) is 10.8. The molecule has 1 aromatic rings. The number of rotatable bonds is 2. The van der Waals surface area contributed by atoms with Crippen LogP contribution in [0.1, 0.15) is 37.7 Å². The van der Waals surface area contributed by atoms with E-state index in [4.69, 9.17) is 4.74 Å². The first kappa shape index (κ1) is 12.1. The summed E-state index contributed by atoms with van der Waals surface area (Å²) in [6.45, 7) is 0.803. The average molecular weight is 249 g/mol. The van der Waals surface area contributed by atoms with Crippen molar-refractivity contribution in [2.24, 2.45) is 0 Å². The van der Waals surface area contributed by atoms with Crippen LogP contribution >= 0.6 is 0 Å². The van der Waals surface area contributed by atoms with Crippen LogP contribution in [0, 0.1) is 5.82 Å². The molecule has 2 aliphatic rings. The minimum atomic E-state index is -0.352. The smallest absolute Gasteiger partial charge is 0.128 e. The molecule has 1 N–H and O–H groups in total. The lowest BCUT2D eigenvalue weighted by atomic mass is 9.62. The van der Waals surface area contributed by atoms with E-state index in [-0.39, 0.29) is 17.0 Å². The number of halogens is 1. The van der Waals surface area contributed by atoms with Gasteiger partial charge in [0.05, 0.1) is 17.7 Å². The third-order valence-corrected chi connectivity index (χ3v) is 4.80. The van der Waals surface area contributed by atoms with Crippen molar-refractivity contribution in [3.8, 4) is 0 Å². The van der Waals surface area contributed by atoms with E-state index in [1.165, 1.54) is 6.42 Å². The van der Waals surface area contributed by atoms with Crippen molar-refractivity contribution in [2.75, 3.05) is 13.7 Å². The summed E-state index contributed by atoms with van der Waals surface area (Å²) in [5.74, 6) is -0.122. The molecule has 3 rings (SSSR count). The summed E-state index contributed by atoms with van der Waals surface area (Å²) in [6, 6.07) is 7.12. The molecule has 0 radical (unpaired) electrons. The fourth-order valence-electron chi connectivity index (χ4n) is 3.80. The van der Waals surface area contributed by atoms with Gasteiger partial charge in [0.1, 0.15) is 5.82 Å². The van der Waals surface area contributed by atoms with E-state index in [0.29, 0.717) is 0 Å². The van der Waals surface area contributed by atoms with Crippen molar-refractivity contribution < 1.29 is 9.13 Å². The van der Waals surface area contributed by atoms with E-state index in [2.05, 4.69) is 5.32 Å². The van der Waals surface area contributed by atoms with Crippen LogP contribution in [-0.4, -0.2) is 19.3 Å². The summed E-state index contributed by atoms with van der Waals surface area (Å²) in [5.41, 5.74) is 0.226. The molecule has 1 unspecified atom stereocenters. The first-order chi connectivity index (χ1) is 8.74. The van der Waals surface area contributed by atoms with Crippen molar-refractivity contribution in [2.45, 2.75) is 43.2 Å². The standard InChI is InChI=1S/C15H20FNO/c1-17-15(12-6-2-3-7-13(12)16)9-5-4-8-14(15)10-11-18-14/h2-3,6-7,17H,4-5,8-11H2,1H3/t14?,15-/m0/s1. The third kappa shape index (κ3) is 1.47. The van der Waals surface area contributed by atoms with Crippen LogP contribution in [0.4, 0.5) is 4.39 Å². The second kappa shape index (κ2) is 4.32. The van der Waals surface area contributed by atoms with Gasteiger partial charge in [0.2, 0.25) is 0 Å². The second-order valence-corrected chi connectivity index (χ2v) is 5.44. The summed E-state index contributed by atoms with van der Waals surface area (Å²) >= 11 is 0. The summed E-state index contributed by atoms with van der Waals surface area (Å²) in [6.07, 6.45) is 5.31. The largest absolute Gasteiger partial charge is 0.373 e. The predicted octanol–water partition coefficient (Wildman–Crippen LogP) is 2.97. The monoisotopic (exact) mass is 249 g/mol. The first-order valence-corrected chi connectivity index (χ1v) is 6.82. The highest BCUT2D eigenvalue weighted by Crippen LogP contribution is 2.52. The molecule has 2 fully saturated rings. The molecule has 1 aliphatic carbocycles. The van der Waals surface area contributed by atoms with E-state index in [9.17, 15) is 4.39 Å². The number of hydrogen-bond acceptors (Lipinski definition) is 2. The summed E-state index contributed by atoms with van der Waals surface area (Å²) < 4.78 is 20.2. The molecular formula is C15H20FNO. The second-order valence-electron chi connectivity index (χ2n) is 5.44. The van der Waals surface area contributed by atoms with Gasteiger partial charge in [-0.2, -0.15) is 0 Å². The number of hydrogen-bond donors (Lipinski definition) is 1. The zero-order chi connectivity index (χ0) is 12.6. The fraction of sp³-hybridized carbons (Fsp3) is 0.600. The van der Waals surface area contributed by atoms with Crippen LogP contribution in [0.25, 0.3) is 0 Å². The topological polar surface area (TPSA) is 21.3 Å². The van der Waals surface area contributed by atoms with E-state index in [0.717, 1.165) is 37.9 Å². The Morgan fingerprint density at radius 1 is 1.17 bits per heavy atom. The lowest BCUT2D eigenvalue weighted by Gasteiger charge is -2.58. The molecule has 2 nitrogen and oxygen atoms in total. The maximum Gasteiger partial charge on any atom is 0.128 e. The molecule has 18 heavy (non-hydrogen) atoms. The van der Waals surface area contributed by atoms with Gasteiger partial charge >= 0.3 is 0 Å². The molecule has 1 aliphatic heterocycles. The molecule has 1 heterocycles. The molecule has 0 aromatic heterocycles. The molecule has 2 atom stereocenters. The van der Waals surface area contributed by atoms with Crippen molar-refractivity contribution in [1.29, 1.82) is 0 Å². The van der Waals surface area contributed by atoms with Crippen LogP contribution in [-0.2, 0) is 10.3 Å². The van der Waals surface area contributed by atoms with Gasteiger partial charge in [0, 0.05) is 12.0 Å². The Balaban J connectivity index is 2.10. The summed E-state index contributed by atoms with van der Waals surface area (Å²) in [4.78, 5) is 0. The average Bonchev–Trinajstić information content (AvgIpc) is 2.37. The minimum Gasteiger partial charge on any atom is -0.373 e. The number of benzene rings is 1. The summed E-state index contributed by atoms with van der Waals surface area (Å²) in [7, 11) is 1.93. The lowest BCUT2D eigenvalue weighted by molar-refractivity contribution is -0.217. The molecule has 1 saturated heterocycles. The SMILES string of the molecule is CN[C@]1(c2ccccc2F)CCCCC12CCO2. The van der Waals surface area contributed by atoms with Gasteiger partial charge < -0.3 is 10.1 Å². The Hall–Kier alpha value is -0.930. The van der Waals surface area contributed by atoms with Gasteiger partial charge in [-0.1, -0.05) is 31.0 Å². The lowest BCUT2D eigenvalue weighted by Crippen LogP contribution is -2.67. The van der Waals surface area contributed by atoms with Gasteiger partial charge in [0.25, 0.3) is 0 Å².